The molecular weight excluding hydrogens is 346 g/mol. The Balaban J connectivity index is 1.58. The van der Waals surface area contributed by atoms with Crippen LogP contribution in [0.4, 0.5) is 0 Å². The number of thioether (sulfide) groups is 1. The van der Waals surface area contributed by atoms with Crippen LogP contribution in [0.5, 0.6) is 0 Å². The van der Waals surface area contributed by atoms with E-state index in [-0.39, 0.29) is 10.7 Å². The standard InChI is InChI=1S/C19H23N5OS/c1-12(16-21-17(23-25-16)19(2,3)4)26-18-20-15(13-10-11-13)24(22-18)14-8-6-5-7-9-14/h5-9,12-13H,10-11H2,1-4H3. The van der Waals surface area contributed by atoms with Crippen molar-refractivity contribution < 1.29 is 4.52 Å². The third kappa shape index (κ3) is 3.53. The van der Waals surface area contributed by atoms with E-state index in [9.17, 15) is 0 Å². The summed E-state index contributed by atoms with van der Waals surface area (Å²) < 4.78 is 7.44. The molecule has 0 amide bonds. The predicted octanol–water partition coefficient (Wildman–Crippen LogP) is 4.68. The summed E-state index contributed by atoms with van der Waals surface area (Å²) in [7, 11) is 0. The molecule has 0 saturated heterocycles. The van der Waals surface area contributed by atoms with Crippen LogP contribution in [0.1, 0.15) is 69.2 Å². The Labute approximate surface area is 157 Å². The fourth-order valence-corrected chi connectivity index (χ4v) is 3.42. The van der Waals surface area contributed by atoms with Gasteiger partial charge in [0.05, 0.1) is 10.9 Å². The minimum absolute atomic E-state index is 0.00252. The normalized spacial score (nSPS) is 16.0. The van der Waals surface area contributed by atoms with Gasteiger partial charge in [0.2, 0.25) is 11.0 Å². The minimum Gasteiger partial charge on any atom is -0.338 e. The maximum absolute atomic E-state index is 5.46. The molecule has 1 aliphatic rings. The first-order valence-electron chi connectivity index (χ1n) is 8.95. The molecule has 2 heterocycles. The Morgan fingerprint density at radius 1 is 1.15 bits per heavy atom. The van der Waals surface area contributed by atoms with Crippen molar-refractivity contribution in [2.24, 2.45) is 0 Å². The van der Waals surface area contributed by atoms with Crippen LogP contribution in [-0.2, 0) is 5.41 Å². The molecule has 0 N–H and O–H groups in total. The first-order chi connectivity index (χ1) is 12.4. The van der Waals surface area contributed by atoms with Crippen molar-refractivity contribution >= 4 is 11.8 Å². The lowest BCUT2D eigenvalue weighted by Crippen LogP contribution is -2.13. The van der Waals surface area contributed by atoms with E-state index < -0.39 is 0 Å². The van der Waals surface area contributed by atoms with Crippen LogP contribution in [0, 0.1) is 0 Å². The highest BCUT2D eigenvalue weighted by molar-refractivity contribution is 7.99. The van der Waals surface area contributed by atoms with Gasteiger partial charge in [-0.1, -0.05) is 55.9 Å². The Bertz CT molecular complexity index is 892. The average molecular weight is 369 g/mol. The second kappa shape index (κ2) is 6.54. The first-order valence-corrected chi connectivity index (χ1v) is 9.83. The number of nitrogens with zero attached hydrogens (tertiary/aromatic N) is 5. The van der Waals surface area contributed by atoms with Crippen LogP contribution in [0.15, 0.2) is 40.0 Å². The van der Waals surface area contributed by atoms with Gasteiger partial charge in [-0.3, -0.25) is 0 Å². The van der Waals surface area contributed by atoms with Crippen molar-refractivity contribution in [3.05, 3.63) is 47.9 Å². The van der Waals surface area contributed by atoms with E-state index in [1.807, 2.05) is 29.8 Å². The maximum Gasteiger partial charge on any atom is 0.239 e. The van der Waals surface area contributed by atoms with Crippen molar-refractivity contribution in [3.63, 3.8) is 0 Å². The lowest BCUT2D eigenvalue weighted by atomic mass is 9.96. The van der Waals surface area contributed by atoms with E-state index in [1.165, 1.54) is 12.8 Å². The minimum atomic E-state index is -0.127. The van der Waals surface area contributed by atoms with E-state index in [1.54, 1.807) is 11.8 Å². The Hall–Kier alpha value is -2.15. The van der Waals surface area contributed by atoms with Crippen LogP contribution in [0.2, 0.25) is 0 Å². The van der Waals surface area contributed by atoms with Gasteiger partial charge < -0.3 is 4.52 Å². The molecule has 136 valence electrons. The van der Waals surface area contributed by atoms with Gasteiger partial charge in [0.1, 0.15) is 5.82 Å². The number of para-hydroxylation sites is 1. The van der Waals surface area contributed by atoms with Gasteiger partial charge in [0.25, 0.3) is 0 Å². The molecule has 0 spiro atoms. The van der Waals surface area contributed by atoms with Gasteiger partial charge >= 0.3 is 0 Å². The number of aromatic nitrogens is 5. The van der Waals surface area contributed by atoms with Gasteiger partial charge in [0, 0.05) is 11.3 Å². The molecular formula is C19H23N5OS. The van der Waals surface area contributed by atoms with Crippen molar-refractivity contribution in [1.82, 2.24) is 24.9 Å². The van der Waals surface area contributed by atoms with Crippen LogP contribution >= 0.6 is 11.8 Å². The Morgan fingerprint density at radius 3 is 2.50 bits per heavy atom. The third-order valence-corrected chi connectivity index (χ3v) is 5.24. The average Bonchev–Trinajstić information content (AvgIpc) is 3.16. The Kier molecular flexibility index (Phi) is 4.34. The number of benzene rings is 1. The van der Waals surface area contributed by atoms with Crippen molar-refractivity contribution in [3.8, 4) is 5.69 Å². The highest BCUT2D eigenvalue weighted by Gasteiger charge is 2.31. The second-order valence-electron chi connectivity index (χ2n) is 7.74. The van der Waals surface area contributed by atoms with Gasteiger partial charge in [-0.2, -0.15) is 4.98 Å². The summed E-state index contributed by atoms with van der Waals surface area (Å²) in [5.41, 5.74) is 0.924. The summed E-state index contributed by atoms with van der Waals surface area (Å²) in [5, 5.41) is 9.60. The largest absolute Gasteiger partial charge is 0.338 e. The fourth-order valence-electron chi connectivity index (χ4n) is 2.63. The van der Waals surface area contributed by atoms with E-state index in [0.29, 0.717) is 11.8 Å². The predicted molar refractivity (Wildman–Crippen MR) is 101 cm³/mol. The first kappa shape index (κ1) is 17.3. The molecule has 3 aromatic rings. The molecule has 0 bridgehead atoms. The number of rotatable bonds is 5. The van der Waals surface area contributed by atoms with E-state index in [4.69, 9.17) is 14.6 Å². The molecule has 26 heavy (non-hydrogen) atoms. The monoisotopic (exact) mass is 369 g/mol. The maximum atomic E-state index is 5.46. The quantitative estimate of drug-likeness (QED) is 0.608. The van der Waals surface area contributed by atoms with Crippen molar-refractivity contribution in [1.29, 1.82) is 0 Å². The number of hydrogen-bond donors (Lipinski definition) is 0. The molecule has 1 aromatic carbocycles. The summed E-state index contributed by atoms with van der Waals surface area (Å²) >= 11 is 1.56. The van der Waals surface area contributed by atoms with Crippen molar-refractivity contribution in [2.75, 3.05) is 0 Å². The van der Waals surface area contributed by atoms with Gasteiger partial charge in [-0.15, -0.1) is 5.10 Å². The molecule has 1 aliphatic carbocycles. The third-order valence-electron chi connectivity index (χ3n) is 4.30. The van der Waals surface area contributed by atoms with Crippen LogP contribution in [0.3, 0.4) is 0 Å². The molecule has 6 nitrogen and oxygen atoms in total. The van der Waals surface area contributed by atoms with Crippen LogP contribution < -0.4 is 0 Å². The lowest BCUT2D eigenvalue weighted by molar-refractivity contribution is 0.364. The Morgan fingerprint density at radius 2 is 1.88 bits per heavy atom. The molecule has 2 aromatic heterocycles. The molecule has 1 unspecified atom stereocenters. The summed E-state index contributed by atoms with van der Waals surface area (Å²) in [4.78, 5) is 9.35. The van der Waals surface area contributed by atoms with Gasteiger partial charge in [0.15, 0.2) is 5.82 Å². The highest BCUT2D eigenvalue weighted by Crippen LogP contribution is 2.41. The molecule has 1 saturated carbocycles. The SMILES string of the molecule is CC(Sc1nc(C2CC2)n(-c2ccccc2)n1)c1nc(C(C)(C)C)no1. The van der Waals surface area contributed by atoms with E-state index >= 15 is 0 Å². The zero-order valence-electron chi connectivity index (χ0n) is 15.5. The van der Waals surface area contributed by atoms with E-state index in [0.717, 1.165) is 22.5 Å². The molecule has 7 heteroatoms. The summed E-state index contributed by atoms with van der Waals surface area (Å²) in [5.74, 6) is 2.90. The smallest absolute Gasteiger partial charge is 0.239 e. The van der Waals surface area contributed by atoms with E-state index in [2.05, 4.69) is 43.0 Å². The fraction of sp³-hybridized carbons (Fsp3) is 0.474. The van der Waals surface area contributed by atoms with Crippen LogP contribution in [0.25, 0.3) is 5.69 Å². The molecule has 1 fully saturated rings. The molecule has 1 atom stereocenters. The highest BCUT2D eigenvalue weighted by atomic mass is 32.2. The molecule has 0 aliphatic heterocycles. The second-order valence-corrected chi connectivity index (χ2v) is 9.05. The van der Waals surface area contributed by atoms with Gasteiger partial charge in [-0.25, -0.2) is 9.67 Å². The molecule has 0 radical (unpaired) electrons. The van der Waals surface area contributed by atoms with Crippen LogP contribution in [-0.4, -0.2) is 24.9 Å². The zero-order valence-corrected chi connectivity index (χ0v) is 16.3. The lowest BCUT2D eigenvalue weighted by Gasteiger charge is -2.11. The topological polar surface area (TPSA) is 69.6 Å². The van der Waals surface area contributed by atoms with Gasteiger partial charge in [-0.05, 0) is 31.9 Å². The molecule has 4 rings (SSSR count). The summed E-state index contributed by atoms with van der Waals surface area (Å²) in [6.45, 7) is 8.27. The van der Waals surface area contributed by atoms with Crippen molar-refractivity contribution in [2.45, 2.75) is 62.3 Å². The summed E-state index contributed by atoms with van der Waals surface area (Å²) in [6.07, 6.45) is 2.37. The summed E-state index contributed by atoms with van der Waals surface area (Å²) in [6, 6.07) is 10.2. The zero-order chi connectivity index (χ0) is 18.3. The number of hydrogen-bond acceptors (Lipinski definition) is 6.